The van der Waals surface area contributed by atoms with E-state index in [1.165, 1.54) is 33.3 Å². The van der Waals surface area contributed by atoms with E-state index in [2.05, 4.69) is 0 Å². The van der Waals surface area contributed by atoms with Gasteiger partial charge in [-0.25, -0.2) is 12.7 Å². The van der Waals surface area contributed by atoms with Gasteiger partial charge in [-0.15, -0.1) is 0 Å². The molecule has 1 rings (SSSR count). The van der Waals surface area contributed by atoms with Crippen LogP contribution >= 0.6 is 0 Å². The Morgan fingerprint density at radius 2 is 1.86 bits per heavy atom. The summed E-state index contributed by atoms with van der Waals surface area (Å²) in [5.74, 6) is -1.33. The summed E-state index contributed by atoms with van der Waals surface area (Å²) in [4.78, 5) is 24.4. The Balaban J connectivity index is 2.86. The zero-order valence-electron chi connectivity index (χ0n) is 12.3. The summed E-state index contributed by atoms with van der Waals surface area (Å²) < 4.78 is 34.4. The van der Waals surface area contributed by atoms with E-state index in [1.807, 2.05) is 0 Å². The summed E-state index contributed by atoms with van der Waals surface area (Å²) in [7, 11) is 0.355. The van der Waals surface area contributed by atoms with Crippen molar-refractivity contribution in [2.45, 2.75) is 12.0 Å². The molecular weight excluding hydrogens is 300 g/mol. The summed E-state index contributed by atoms with van der Waals surface area (Å²) in [5.41, 5.74) is 0. The number of hydrogen-bond acceptors (Lipinski definition) is 6. The number of likely N-dealkylation sites (N-methyl/N-ethyl adjacent to an activating group) is 1. The minimum atomic E-state index is -3.74. The van der Waals surface area contributed by atoms with E-state index >= 15 is 0 Å². The maximum Gasteiger partial charge on any atom is 0.325 e. The Morgan fingerprint density at radius 1 is 1.24 bits per heavy atom. The van der Waals surface area contributed by atoms with Crippen LogP contribution in [0.2, 0.25) is 0 Å². The topological polar surface area (TPSA) is 97.1 Å². The van der Waals surface area contributed by atoms with Crippen LogP contribution < -0.4 is 0 Å². The largest absolute Gasteiger partial charge is 0.465 e. The summed E-state index contributed by atoms with van der Waals surface area (Å²) in [6.45, 7) is 1.63. The number of esters is 1. The van der Waals surface area contributed by atoms with Crippen LogP contribution in [0.15, 0.2) is 21.6 Å². The third kappa shape index (κ3) is 4.05. The van der Waals surface area contributed by atoms with E-state index < -0.39 is 21.9 Å². The molecule has 1 aromatic rings. The SMILES string of the molecule is CCOC(=O)CN(C)C(=O)c1ccc(S(=O)(=O)N(C)C)o1. The Labute approximate surface area is 123 Å². The van der Waals surface area contributed by atoms with Gasteiger partial charge in [0.1, 0.15) is 6.54 Å². The first-order chi connectivity index (χ1) is 9.70. The van der Waals surface area contributed by atoms with Crippen molar-refractivity contribution >= 4 is 21.9 Å². The molecular formula is C12H18N2O6S. The van der Waals surface area contributed by atoms with Crippen LogP contribution in [0.1, 0.15) is 17.5 Å². The van der Waals surface area contributed by atoms with Crippen molar-refractivity contribution in [3.63, 3.8) is 0 Å². The number of sulfonamides is 1. The first-order valence-electron chi connectivity index (χ1n) is 6.13. The molecule has 0 aromatic carbocycles. The normalized spacial score (nSPS) is 11.5. The van der Waals surface area contributed by atoms with E-state index in [0.29, 0.717) is 0 Å². The lowest BCUT2D eigenvalue weighted by Crippen LogP contribution is -2.32. The highest BCUT2D eigenvalue weighted by Gasteiger charge is 2.25. The predicted octanol–water partition coefficient (Wildman–Crippen LogP) is 0.165. The standard InChI is InChI=1S/C12H18N2O6S/c1-5-19-10(15)8-14(4)12(16)9-6-7-11(20-9)21(17,18)13(2)3/h6-7H,5,8H2,1-4H3. The molecule has 1 aromatic heterocycles. The highest BCUT2D eigenvalue weighted by molar-refractivity contribution is 7.88. The van der Waals surface area contributed by atoms with Crippen molar-refractivity contribution in [1.82, 2.24) is 9.21 Å². The molecule has 21 heavy (non-hydrogen) atoms. The average Bonchev–Trinajstić information content (AvgIpc) is 2.87. The number of ether oxygens (including phenoxy) is 1. The molecule has 0 N–H and O–H groups in total. The monoisotopic (exact) mass is 318 g/mol. The molecule has 9 heteroatoms. The average molecular weight is 318 g/mol. The van der Waals surface area contributed by atoms with Crippen LogP contribution in [0.3, 0.4) is 0 Å². The van der Waals surface area contributed by atoms with Crippen LogP contribution in [0.25, 0.3) is 0 Å². The second-order valence-electron chi connectivity index (χ2n) is 4.37. The highest BCUT2D eigenvalue weighted by Crippen LogP contribution is 2.17. The van der Waals surface area contributed by atoms with Gasteiger partial charge in [0.05, 0.1) is 6.61 Å². The number of nitrogens with zero attached hydrogens (tertiary/aromatic N) is 2. The summed E-state index contributed by atoms with van der Waals surface area (Å²) in [6.07, 6.45) is 0. The molecule has 0 unspecified atom stereocenters. The lowest BCUT2D eigenvalue weighted by molar-refractivity contribution is -0.143. The fourth-order valence-corrected chi connectivity index (χ4v) is 2.21. The molecule has 0 aliphatic carbocycles. The molecule has 8 nitrogen and oxygen atoms in total. The molecule has 1 amide bonds. The first kappa shape index (κ1) is 17.2. The van der Waals surface area contributed by atoms with Crippen molar-refractivity contribution in [3.8, 4) is 0 Å². The summed E-state index contributed by atoms with van der Waals surface area (Å²) in [5, 5.41) is -0.333. The van der Waals surface area contributed by atoms with Crippen LogP contribution in [0.5, 0.6) is 0 Å². The maximum absolute atomic E-state index is 12.0. The minimum Gasteiger partial charge on any atom is -0.465 e. The number of amides is 1. The van der Waals surface area contributed by atoms with Gasteiger partial charge in [-0.1, -0.05) is 0 Å². The molecule has 0 saturated carbocycles. The molecule has 0 fully saturated rings. The second kappa shape index (κ2) is 6.72. The van der Waals surface area contributed by atoms with Gasteiger partial charge in [0.15, 0.2) is 5.76 Å². The highest BCUT2D eigenvalue weighted by atomic mass is 32.2. The first-order valence-corrected chi connectivity index (χ1v) is 7.57. The molecule has 0 bridgehead atoms. The van der Waals surface area contributed by atoms with E-state index in [9.17, 15) is 18.0 Å². The van der Waals surface area contributed by atoms with E-state index in [1.54, 1.807) is 6.92 Å². The fourth-order valence-electron chi connectivity index (χ4n) is 1.41. The molecule has 118 valence electrons. The van der Waals surface area contributed by atoms with Crippen LogP contribution in [-0.4, -0.2) is 63.8 Å². The van der Waals surface area contributed by atoms with Gasteiger partial charge in [0, 0.05) is 21.1 Å². The molecule has 0 aliphatic rings. The zero-order chi connectivity index (χ0) is 16.2. The summed E-state index contributed by atoms with van der Waals surface area (Å²) >= 11 is 0. The lowest BCUT2D eigenvalue weighted by atomic mass is 10.4. The number of carbonyl (C=O) groups excluding carboxylic acids is 2. The smallest absolute Gasteiger partial charge is 0.325 e. The minimum absolute atomic E-state index is 0.165. The van der Waals surface area contributed by atoms with Gasteiger partial charge in [0.2, 0.25) is 5.09 Å². The number of carbonyl (C=O) groups is 2. The quantitative estimate of drug-likeness (QED) is 0.693. The Hall–Kier alpha value is -1.87. The van der Waals surface area contributed by atoms with E-state index in [-0.39, 0.29) is 24.0 Å². The molecule has 0 spiro atoms. The van der Waals surface area contributed by atoms with Gasteiger partial charge in [0.25, 0.3) is 15.9 Å². The lowest BCUT2D eigenvalue weighted by Gasteiger charge is -2.14. The van der Waals surface area contributed by atoms with E-state index in [0.717, 1.165) is 9.21 Å². The third-order valence-corrected chi connectivity index (χ3v) is 4.23. The van der Waals surface area contributed by atoms with Gasteiger partial charge in [-0.3, -0.25) is 9.59 Å². The third-order valence-electron chi connectivity index (χ3n) is 2.55. The molecule has 0 aliphatic heterocycles. The fraction of sp³-hybridized carbons (Fsp3) is 0.500. The van der Waals surface area contributed by atoms with Crippen molar-refractivity contribution in [2.24, 2.45) is 0 Å². The second-order valence-corrected chi connectivity index (χ2v) is 6.46. The van der Waals surface area contributed by atoms with Crippen molar-refractivity contribution in [3.05, 3.63) is 17.9 Å². The Kier molecular flexibility index (Phi) is 5.50. The van der Waals surface area contributed by atoms with Crippen molar-refractivity contribution < 1.29 is 27.2 Å². The van der Waals surface area contributed by atoms with Crippen molar-refractivity contribution in [2.75, 3.05) is 34.3 Å². The number of hydrogen-bond donors (Lipinski definition) is 0. The van der Waals surface area contributed by atoms with Gasteiger partial charge in [-0.05, 0) is 19.1 Å². The molecule has 1 heterocycles. The van der Waals surface area contributed by atoms with Crippen molar-refractivity contribution in [1.29, 1.82) is 0 Å². The number of rotatable bonds is 6. The molecule has 0 atom stereocenters. The Morgan fingerprint density at radius 3 is 2.38 bits per heavy atom. The van der Waals surface area contributed by atoms with Gasteiger partial charge in [-0.2, -0.15) is 0 Å². The maximum atomic E-state index is 12.0. The molecule has 0 saturated heterocycles. The van der Waals surface area contributed by atoms with Crippen LogP contribution in [0.4, 0.5) is 0 Å². The van der Waals surface area contributed by atoms with Crippen LogP contribution in [0, 0.1) is 0 Å². The zero-order valence-corrected chi connectivity index (χ0v) is 13.1. The molecule has 0 radical (unpaired) electrons. The van der Waals surface area contributed by atoms with Crippen LogP contribution in [-0.2, 0) is 19.6 Å². The Bertz CT molecular complexity index is 619. The van der Waals surface area contributed by atoms with Gasteiger partial charge >= 0.3 is 5.97 Å². The number of furan rings is 1. The van der Waals surface area contributed by atoms with Gasteiger partial charge < -0.3 is 14.1 Å². The predicted molar refractivity (Wildman–Crippen MR) is 73.2 cm³/mol. The van der Waals surface area contributed by atoms with E-state index in [4.69, 9.17) is 9.15 Å². The summed E-state index contributed by atoms with van der Waals surface area (Å²) in [6, 6.07) is 2.45.